The number of carbonyl (C=O) groups excluding carboxylic acids is 1. The van der Waals surface area contributed by atoms with E-state index in [4.69, 9.17) is 0 Å². The molecule has 96 valence electrons. The summed E-state index contributed by atoms with van der Waals surface area (Å²) in [6.45, 7) is 6.89. The Labute approximate surface area is 103 Å². The molecule has 0 aromatic heterocycles. The van der Waals surface area contributed by atoms with Crippen LogP contribution in [-0.2, 0) is 4.79 Å². The van der Waals surface area contributed by atoms with Crippen molar-refractivity contribution in [2.24, 2.45) is 0 Å². The quantitative estimate of drug-likeness (QED) is 0.589. The summed E-state index contributed by atoms with van der Waals surface area (Å²) in [4.78, 5) is 11.5. The molecule has 5 heteroatoms. The second kappa shape index (κ2) is 7.92. The normalized spacial score (nSPS) is 16.6. The van der Waals surface area contributed by atoms with Crippen LogP contribution in [0.15, 0.2) is 0 Å². The molecular formula is C11H24N2O2S. The van der Waals surface area contributed by atoms with Crippen LogP contribution in [0.1, 0.15) is 27.2 Å². The summed E-state index contributed by atoms with van der Waals surface area (Å²) in [5.41, 5.74) is -0.823. The van der Waals surface area contributed by atoms with E-state index in [9.17, 15) is 9.90 Å². The maximum Gasteiger partial charge on any atom is 0.221 e. The summed E-state index contributed by atoms with van der Waals surface area (Å²) in [7, 11) is 0. The molecule has 0 aliphatic rings. The second-order valence-electron chi connectivity index (χ2n) is 4.37. The summed E-state index contributed by atoms with van der Waals surface area (Å²) in [6.07, 6.45) is 2.38. The van der Waals surface area contributed by atoms with E-state index in [2.05, 4.69) is 10.6 Å². The van der Waals surface area contributed by atoms with Gasteiger partial charge in [-0.3, -0.25) is 4.79 Å². The van der Waals surface area contributed by atoms with Crippen molar-refractivity contribution in [2.75, 3.05) is 25.1 Å². The number of aliphatic hydroxyl groups is 1. The zero-order valence-electron chi connectivity index (χ0n) is 10.7. The van der Waals surface area contributed by atoms with Gasteiger partial charge in [-0.15, -0.1) is 0 Å². The van der Waals surface area contributed by atoms with Crippen LogP contribution in [0.25, 0.3) is 0 Å². The first-order chi connectivity index (χ1) is 7.41. The molecule has 2 unspecified atom stereocenters. The third kappa shape index (κ3) is 7.96. The molecule has 3 N–H and O–H groups in total. The summed E-state index contributed by atoms with van der Waals surface area (Å²) >= 11 is 1.57. The highest BCUT2D eigenvalue weighted by atomic mass is 32.2. The van der Waals surface area contributed by atoms with Gasteiger partial charge in [0, 0.05) is 24.8 Å². The lowest BCUT2D eigenvalue weighted by Crippen LogP contribution is -2.44. The first kappa shape index (κ1) is 15.7. The van der Waals surface area contributed by atoms with Crippen molar-refractivity contribution < 1.29 is 9.90 Å². The predicted molar refractivity (Wildman–Crippen MR) is 69.8 cm³/mol. The minimum absolute atomic E-state index is 0.0187. The standard InChI is InChI=1S/C11H24N2O2S/c1-5-12-9(2)6-10(14)13-7-11(3,15)8-16-4/h9,12,15H,5-8H2,1-4H3,(H,13,14). The highest BCUT2D eigenvalue weighted by molar-refractivity contribution is 7.98. The van der Waals surface area contributed by atoms with Gasteiger partial charge in [0.1, 0.15) is 0 Å². The molecule has 4 nitrogen and oxygen atoms in total. The van der Waals surface area contributed by atoms with Crippen LogP contribution < -0.4 is 10.6 Å². The molecule has 16 heavy (non-hydrogen) atoms. The van der Waals surface area contributed by atoms with Gasteiger partial charge in [0.25, 0.3) is 0 Å². The Balaban J connectivity index is 3.80. The molecule has 0 bridgehead atoms. The fraction of sp³-hybridized carbons (Fsp3) is 0.909. The molecule has 0 radical (unpaired) electrons. The average Bonchev–Trinajstić information content (AvgIpc) is 2.15. The minimum atomic E-state index is -0.823. The third-order valence-electron chi connectivity index (χ3n) is 2.17. The predicted octanol–water partition coefficient (Wildman–Crippen LogP) is 0.605. The Hall–Kier alpha value is -0.260. The Morgan fingerprint density at radius 3 is 2.69 bits per heavy atom. The van der Waals surface area contributed by atoms with E-state index in [1.54, 1.807) is 18.7 Å². The molecular weight excluding hydrogens is 224 g/mol. The van der Waals surface area contributed by atoms with Gasteiger partial charge in [-0.1, -0.05) is 6.92 Å². The van der Waals surface area contributed by atoms with Crippen molar-refractivity contribution in [3.05, 3.63) is 0 Å². The van der Waals surface area contributed by atoms with Gasteiger partial charge < -0.3 is 15.7 Å². The summed E-state index contributed by atoms with van der Waals surface area (Å²) in [5, 5.41) is 15.8. The van der Waals surface area contributed by atoms with Crippen LogP contribution >= 0.6 is 11.8 Å². The van der Waals surface area contributed by atoms with Crippen molar-refractivity contribution in [2.45, 2.75) is 38.8 Å². The molecule has 0 aliphatic heterocycles. The number of thioether (sulfide) groups is 1. The Kier molecular flexibility index (Phi) is 7.80. The van der Waals surface area contributed by atoms with Crippen LogP contribution in [0.3, 0.4) is 0 Å². The maximum absolute atomic E-state index is 11.5. The van der Waals surface area contributed by atoms with Gasteiger partial charge in [-0.25, -0.2) is 0 Å². The third-order valence-corrected chi connectivity index (χ3v) is 3.08. The van der Waals surface area contributed by atoms with E-state index in [1.165, 1.54) is 0 Å². The topological polar surface area (TPSA) is 61.4 Å². The highest BCUT2D eigenvalue weighted by Gasteiger charge is 2.20. The zero-order valence-corrected chi connectivity index (χ0v) is 11.5. The number of amides is 1. The van der Waals surface area contributed by atoms with Crippen molar-refractivity contribution in [3.63, 3.8) is 0 Å². The Morgan fingerprint density at radius 2 is 2.19 bits per heavy atom. The molecule has 1 amide bonds. The SMILES string of the molecule is CCNC(C)CC(=O)NCC(C)(O)CSC. The molecule has 0 heterocycles. The second-order valence-corrected chi connectivity index (χ2v) is 5.24. The molecule has 0 aromatic carbocycles. The van der Waals surface area contributed by atoms with E-state index >= 15 is 0 Å². The fourth-order valence-corrected chi connectivity index (χ4v) is 2.15. The van der Waals surface area contributed by atoms with Crippen LogP contribution in [0, 0.1) is 0 Å². The van der Waals surface area contributed by atoms with Gasteiger partial charge in [-0.05, 0) is 26.6 Å². The van der Waals surface area contributed by atoms with E-state index in [0.717, 1.165) is 6.54 Å². The average molecular weight is 248 g/mol. The lowest BCUT2D eigenvalue weighted by molar-refractivity contribution is -0.122. The smallest absolute Gasteiger partial charge is 0.221 e. The van der Waals surface area contributed by atoms with Crippen molar-refractivity contribution in [3.8, 4) is 0 Å². The molecule has 0 fully saturated rings. The molecule has 0 rings (SSSR count). The number of hydrogen-bond acceptors (Lipinski definition) is 4. The van der Waals surface area contributed by atoms with Gasteiger partial charge in [0.2, 0.25) is 5.91 Å². The highest BCUT2D eigenvalue weighted by Crippen LogP contribution is 2.09. The van der Waals surface area contributed by atoms with Gasteiger partial charge in [0.15, 0.2) is 0 Å². The number of hydrogen-bond donors (Lipinski definition) is 3. The van der Waals surface area contributed by atoms with E-state index in [-0.39, 0.29) is 11.9 Å². The molecule has 2 atom stereocenters. The van der Waals surface area contributed by atoms with Crippen LogP contribution in [-0.4, -0.2) is 47.8 Å². The summed E-state index contributed by atoms with van der Waals surface area (Å²) in [5.74, 6) is 0.602. The zero-order chi connectivity index (χ0) is 12.6. The van der Waals surface area contributed by atoms with Crippen LogP contribution in [0.2, 0.25) is 0 Å². The van der Waals surface area contributed by atoms with Crippen molar-refractivity contribution in [1.29, 1.82) is 0 Å². The molecule has 0 aromatic rings. The van der Waals surface area contributed by atoms with Crippen molar-refractivity contribution >= 4 is 17.7 Å². The van der Waals surface area contributed by atoms with Crippen LogP contribution in [0.4, 0.5) is 0 Å². The van der Waals surface area contributed by atoms with Crippen molar-refractivity contribution in [1.82, 2.24) is 10.6 Å². The maximum atomic E-state index is 11.5. The first-order valence-corrected chi connectivity index (χ1v) is 7.02. The monoisotopic (exact) mass is 248 g/mol. The lowest BCUT2D eigenvalue weighted by Gasteiger charge is -2.23. The molecule has 0 spiro atoms. The van der Waals surface area contributed by atoms with E-state index < -0.39 is 5.60 Å². The number of carbonyl (C=O) groups is 1. The number of nitrogens with one attached hydrogen (secondary N) is 2. The molecule has 0 saturated carbocycles. The van der Waals surface area contributed by atoms with Gasteiger partial charge >= 0.3 is 0 Å². The minimum Gasteiger partial charge on any atom is -0.387 e. The Bertz CT molecular complexity index is 210. The van der Waals surface area contributed by atoms with E-state index in [1.807, 2.05) is 20.1 Å². The van der Waals surface area contributed by atoms with Gasteiger partial charge in [-0.2, -0.15) is 11.8 Å². The van der Waals surface area contributed by atoms with E-state index in [0.29, 0.717) is 18.7 Å². The largest absolute Gasteiger partial charge is 0.387 e. The lowest BCUT2D eigenvalue weighted by atomic mass is 10.1. The number of rotatable bonds is 8. The molecule has 0 saturated heterocycles. The van der Waals surface area contributed by atoms with Gasteiger partial charge in [0.05, 0.1) is 5.60 Å². The van der Waals surface area contributed by atoms with Crippen LogP contribution in [0.5, 0.6) is 0 Å². The summed E-state index contributed by atoms with van der Waals surface area (Å²) < 4.78 is 0. The molecule has 0 aliphatic carbocycles. The first-order valence-electron chi connectivity index (χ1n) is 5.62. The Morgan fingerprint density at radius 1 is 1.56 bits per heavy atom. The fourth-order valence-electron chi connectivity index (χ4n) is 1.42. The summed E-state index contributed by atoms with van der Waals surface area (Å²) in [6, 6.07) is 0.176.